The van der Waals surface area contributed by atoms with Gasteiger partial charge in [-0.2, -0.15) is 0 Å². The summed E-state index contributed by atoms with van der Waals surface area (Å²) in [5.74, 6) is 0.789. The molecule has 4 rings (SSSR count). The van der Waals surface area contributed by atoms with Gasteiger partial charge in [-0.15, -0.1) is 11.3 Å². The third-order valence-corrected chi connectivity index (χ3v) is 6.08. The summed E-state index contributed by atoms with van der Waals surface area (Å²) in [6.45, 7) is 7.11. The van der Waals surface area contributed by atoms with Crippen molar-refractivity contribution < 1.29 is 0 Å². The lowest BCUT2D eigenvalue weighted by molar-refractivity contribution is 0.216. The molecule has 0 saturated heterocycles. The summed E-state index contributed by atoms with van der Waals surface area (Å²) in [5.41, 5.74) is 4.19. The SMILES string of the molecule is CC(C)(C)C1CCc2c(sc3nc(-c4ccccc4)cn23)C1. The van der Waals surface area contributed by atoms with Gasteiger partial charge in [0.2, 0.25) is 0 Å². The van der Waals surface area contributed by atoms with E-state index in [-0.39, 0.29) is 0 Å². The van der Waals surface area contributed by atoms with Crippen molar-refractivity contribution in [2.45, 2.75) is 40.0 Å². The average molecular weight is 310 g/mol. The van der Waals surface area contributed by atoms with E-state index >= 15 is 0 Å². The molecule has 1 unspecified atom stereocenters. The topological polar surface area (TPSA) is 17.3 Å². The summed E-state index contributed by atoms with van der Waals surface area (Å²) < 4.78 is 2.33. The van der Waals surface area contributed by atoms with Gasteiger partial charge in [0.25, 0.3) is 0 Å². The molecule has 22 heavy (non-hydrogen) atoms. The molecule has 1 aromatic carbocycles. The standard InChI is InChI=1S/C19H22N2S/c1-19(2,3)14-9-10-16-17(11-14)22-18-20-15(12-21(16)18)13-7-5-4-6-8-13/h4-8,12,14H,9-11H2,1-3H3. The molecule has 1 aliphatic carbocycles. The number of hydrogen-bond acceptors (Lipinski definition) is 2. The van der Waals surface area contributed by atoms with Crippen molar-refractivity contribution in [2.24, 2.45) is 11.3 Å². The van der Waals surface area contributed by atoms with E-state index in [0.29, 0.717) is 5.41 Å². The Kier molecular flexibility index (Phi) is 3.15. The van der Waals surface area contributed by atoms with Crippen LogP contribution in [0.3, 0.4) is 0 Å². The van der Waals surface area contributed by atoms with Gasteiger partial charge in [0.15, 0.2) is 4.96 Å². The minimum atomic E-state index is 0.402. The number of imidazole rings is 1. The van der Waals surface area contributed by atoms with Gasteiger partial charge in [0.1, 0.15) is 0 Å². The quantitative estimate of drug-likeness (QED) is 0.603. The van der Waals surface area contributed by atoms with E-state index in [1.807, 2.05) is 11.3 Å². The Morgan fingerprint density at radius 1 is 1.18 bits per heavy atom. The van der Waals surface area contributed by atoms with Gasteiger partial charge in [-0.25, -0.2) is 4.98 Å². The molecule has 0 bridgehead atoms. The Morgan fingerprint density at radius 2 is 1.95 bits per heavy atom. The highest BCUT2D eigenvalue weighted by atomic mass is 32.1. The molecule has 2 aromatic heterocycles. The zero-order valence-electron chi connectivity index (χ0n) is 13.5. The van der Waals surface area contributed by atoms with Crippen LogP contribution in [-0.4, -0.2) is 9.38 Å². The first kappa shape index (κ1) is 14.0. The zero-order valence-corrected chi connectivity index (χ0v) is 14.3. The molecule has 1 atom stereocenters. The van der Waals surface area contributed by atoms with Gasteiger partial charge < -0.3 is 0 Å². The number of thiazole rings is 1. The van der Waals surface area contributed by atoms with E-state index in [9.17, 15) is 0 Å². The van der Waals surface area contributed by atoms with E-state index in [1.54, 1.807) is 4.88 Å². The van der Waals surface area contributed by atoms with Gasteiger partial charge in [0.05, 0.1) is 5.69 Å². The van der Waals surface area contributed by atoms with Crippen LogP contribution in [0, 0.1) is 11.3 Å². The maximum absolute atomic E-state index is 4.86. The molecule has 0 N–H and O–H groups in total. The molecular formula is C19H22N2S. The van der Waals surface area contributed by atoms with Crippen LogP contribution in [-0.2, 0) is 12.8 Å². The Balaban J connectivity index is 1.73. The number of rotatable bonds is 1. The second kappa shape index (κ2) is 4.95. The number of nitrogens with zero attached hydrogens (tertiary/aromatic N) is 2. The first-order valence-corrected chi connectivity index (χ1v) is 8.89. The molecule has 1 aliphatic rings. The van der Waals surface area contributed by atoms with Crippen molar-refractivity contribution in [2.75, 3.05) is 0 Å². The molecule has 2 nitrogen and oxygen atoms in total. The van der Waals surface area contributed by atoms with Crippen molar-refractivity contribution in [1.82, 2.24) is 9.38 Å². The van der Waals surface area contributed by atoms with Gasteiger partial charge >= 0.3 is 0 Å². The normalized spacial score (nSPS) is 18.6. The molecule has 0 amide bonds. The van der Waals surface area contributed by atoms with E-state index in [2.05, 4.69) is 61.7 Å². The number of hydrogen-bond donors (Lipinski definition) is 0. The lowest BCUT2D eigenvalue weighted by Gasteiger charge is -2.33. The molecule has 2 heterocycles. The van der Waals surface area contributed by atoms with Crippen LogP contribution in [0.15, 0.2) is 36.5 Å². The summed E-state index contributed by atoms with van der Waals surface area (Å²) in [7, 11) is 0. The van der Waals surface area contributed by atoms with Crippen molar-refractivity contribution in [1.29, 1.82) is 0 Å². The monoisotopic (exact) mass is 310 g/mol. The maximum atomic E-state index is 4.86. The molecule has 0 saturated carbocycles. The van der Waals surface area contributed by atoms with Crippen LogP contribution in [0.5, 0.6) is 0 Å². The zero-order chi connectivity index (χ0) is 15.3. The van der Waals surface area contributed by atoms with E-state index in [1.165, 1.54) is 30.5 Å². The molecule has 0 spiro atoms. The smallest absolute Gasteiger partial charge is 0.194 e. The Hall–Kier alpha value is -1.61. The van der Waals surface area contributed by atoms with Crippen LogP contribution in [0.2, 0.25) is 0 Å². The molecule has 114 valence electrons. The fourth-order valence-corrected chi connectivity index (χ4v) is 4.70. The van der Waals surface area contributed by atoms with E-state index < -0.39 is 0 Å². The van der Waals surface area contributed by atoms with Crippen LogP contribution >= 0.6 is 11.3 Å². The van der Waals surface area contributed by atoms with Crippen molar-refractivity contribution in [3.63, 3.8) is 0 Å². The second-order valence-electron chi connectivity index (χ2n) is 7.42. The summed E-state index contributed by atoms with van der Waals surface area (Å²) in [6.07, 6.45) is 5.91. The minimum absolute atomic E-state index is 0.402. The summed E-state index contributed by atoms with van der Waals surface area (Å²) in [4.78, 5) is 7.56. The van der Waals surface area contributed by atoms with Gasteiger partial charge in [-0.1, -0.05) is 51.1 Å². The highest BCUT2D eigenvalue weighted by Crippen LogP contribution is 2.40. The highest BCUT2D eigenvalue weighted by molar-refractivity contribution is 7.17. The Bertz CT molecular complexity index is 805. The third kappa shape index (κ3) is 2.28. The summed E-state index contributed by atoms with van der Waals surface area (Å²) in [5, 5.41) is 0. The molecule has 3 heteroatoms. The lowest BCUT2D eigenvalue weighted by Crippen LogP contribution is -2.26. The molecule has 0 fully saturated rings. The first-order valence-electron chi connectivity index (χ1n) is 8.07. The largest absolute Gasteiger partial charge is 0.294 e. The van der Waals surface area contributed by atoms with E-state index in [0.717, 1.165) is 16.6 Å². The predicted molar refractivity (Wildman–Crippen MR) is 93.5 cm³/mol. The van der Waals surface area contributed by atoms with E-state index in [4.69, 9.17) is 4.98 Å². The van der Waals surface area contributed by atoms with Crippen molar-refractivity contribution in [3.05, 3.63) is 47.1 Å². The average Bonchev–Trinajstić information content (AvgIpc) is 3.04. The molecule has 0 radical (unpaired) electrons. The van der Waals surface area contributed by atoms with Gasteiger partial charge in [-0.05, 0) is 30.6 Å². The number of aryl methyl sites for hydroxylation is 1. The summed E-state index contributed by atoms with van der Waals surface area (Å²) in [6, 6.07) is 10.5. The highest BCUT2D eigenvalue weighted by Gasteiger charge is 2.31. The summed E-state index contributed by atoms with van der Waals surface area (Å²) >= 11 is 1.89. The van der Waals surface area contributed by atoms with Gasteiger partial charge in [0, 0.05) is 22.3 Å². The molecule has 3 aromatic rings. The fraction of sp³-hybridized carbons (Fsp3) is 0.421. The Morgan fingerprint density at radius 3 is 2.68 bits per heavy atom. The van der Waals surface area contributed by atoms with Crippen LogP contribution in [0.4, 0.5) is 0 Å². The van der Waals surface area contributed by atoms with Crippen LogP contribution in [0.1, 0.15) is 37.8 Å². The molecular weight excluding hydrogens is 288 g/mol. The second-order valence-corrected chi connectivity index (χ2v) is 8.48. The fourth-order valence-electron chi connectivity index (χ4n) is 3.48. The lowest BCUT2D eigenvalue weighted by atomic mass is 9.73. The molecule has 0 aliphatic heterocycles. The third-order valence-electron chi connectivity index (χ3n) is 4.96. The van der Waals surface area contributed by atoms with Crippen LogP contribution < -0.4 is 0 Å². The first-order chi connectivity index (χ1) is 10.5. The van der Waals surface area contributed by atoms with Gasteiger partial charge in [-0.3, -0.25) is 4.40 Å². The van der Waals surface area contributed by atoms with Crippen molar-refractivity contribution >= 4 is 16.3 Å². The maximum Gasteiger partial charge on any atom is 0.194 e. The number of aromatic nitrogens is 2. The Labute approximate surface area is 135 Å². The number of fused-ring (bicyclic) bond motifs is 3. The number of benzene rings is 1. The van der Waals surface area contributed by atoms with Crippen molar-refractivity contribution in [3.8, 4) is 11.3 Å². The minimum Gasteiger partial charge on any atom is -0.294 e. The predicted octanol–water partition coefficient (Wildman–Crippen LogP) is 5.21. The van der Waals surface area contributed by atoms with Crippen LogP contribution in [0.25, 0.3) is 16.2 Å².